The van der Waals surface area contributed by atoms with Crippen molar-refractivity contribution in [1.82, 2.24) is 0 Å². The molecule has 154 valence electrons. The number of carbonyl (C=O) groups is 1. The van der Waals surface area contributed by atoms with Gasteiger partial charge in [-0.1, -0.05) is 31.8 Å². The van der Waals surface area contributed by atoms with Crippen LogP contribution in [0.4, 0.5) is 0 Å². The monoisotopic (exact) mass is 378 g/mol. The summed E-state index contributed by atoms with van der Waals surface area (Å²) in [7, 11) is 0. The lowest BCUT2D eigenvalue weighted by Crippen LogP contribution is -2.13. The first-order valence-electron chi connectivity index (χ1n) is 11.0. The first-order chi connectivity index (χ1) is 13.2. The molecule has 27 heavy (non-hydrogen) atoms. The molecule has 4 nitrogen and oxygen atoms in total. The van der Waals surface area contributed by atoms with Crippen molar-refractivity contribution in [2.75, 3.05) is 13.2 Å². The number of unbranched alkanes of at least 4 members (excludes halogenated alkanes) is 1. The number of carboxylic acids is 1. The molecule has 4 heteroatoms. The molecule has 0 unspecified atom stereocenters. The Balaban J connectivity index is 1.57. The second kappa shape index (κ2) is 13.0. The van der Waals surface area contributed by atoms with Crippen LogP contribution in [0.25, 0.3) is 0 Å². The van der Waals surface area contributed by atoms with Crippen LogP contribution < -0.4 is 0 Å². The van der Waals surface area contributed by atoms with Crippen LogP contribution in [0.3, 0.4) is 0 Å². The Morgan fingerprint density at radius 2 is 1.93 bits per heavy atom. The maximum atomic E-state index is 10.6. The molecule has 2 rings (SSSR count). The van der Waals surface area contributed by atoms with Crippen LogP contribution in [0, 0.1) is 17.8 Å². The first kappa shape index (κ1) is 22.0. The van der Waals surface area contributed by atoms with Gasteiger partial charge in [0.15, 0.2) is 0 Å². The molecule has 1 saturated carbocycles. The topological polar surface area (TPSA) is 66.8 Å². The minimum atomic E-state index is -0.734. The molecule has 0 aromatic carbocycles. The molecule has 0 radical (unpaired) electrons. The lowest BCUT2D eigenvalue weighted by atomic mass is 9.84. The molecule has 0 heterocycles. The predicted molar refractivity (Wildman–Crippen MR) is 108 cm³/mol. The van der Waals surface area contributed by atoms with Gasteiger partial charge in [-0.3, -0.25) is 4.79 Å². The molecule has 0 aromatic heterocycles. The molecule has 2 aliphatic carbocycles. The van der Waals surface area contributed by atoms with Crippen molar-refractivity contribution < 1.29 is 19.7 Å². The van der Waals surface area contributed by atoms with E-state index in [1.807, 2.05) is 0 Å². The average Bonchev–Trinajstić information content (AvgIpc) is 3.12. The minimum absolute atomic E-state index is 0.193. The first-order valence-corrected chi connectivity index (χ1v) is 11.0. The van der Waals surface area contributed by atoms with Crippen LogP contribution in [0.5, 0.6) is 0 Å². The molecule has 1 fully saturated rings. The molecule has 2 aliphatic rings. The summed E-state index contributed by atoms with van der Waals surface area (Å²) >= 11 is 0. The summed E-state index contributed by atoms with van der Waals surface area (Å²) in [4.78, 5) is 10.6. The Hall–Kier alpha value is -1.29. The highest BCUT2D eigenvalue weighted by Crippen LogP contribution is 2.39. The summed E-state index contributed by atoms with van der Waals surface area (Å²) in [6.07, 6.45) is 20.3. The van der Waals surface area contributed by atoms with Crippen molar-refractivity contribution in [3.63, 3.8) is 0 Å². The fourth-order valence-corrected chi connectivity index (χ4v) is 4.59. The number of hydrogen-bond donors (Lipinski definition) is 2. The van der Waals surface area contributed by atoms with Gasteiger partial charge in [0.05, 0.1) is 6.61 Å². The molecule has 0 amide bonds. The lowest BCUT2D eigenvalue weighted by molar-refractivity contribution is -0.137. The van der Waals surface area contributed by atoms with Crippen molar-refractivity contribution in [3.05, 3.63) is 24.0 Å². The summed E-state index contributed by atoms with van der Waals surface area (Å²) < 4.78 is 5.83. The number of rotatable bonds is 14. The van der Waals surface area contributed by atoms with Gasteiger partial charge in [-0.2, -0.15) is 0 Å². The SMILES string of the molecule is O=C(O)CCC[C@H](CO)CC[C@H]1CCC[C@@H]1CCCCOC1=CCCC=C1. The second-order valence-corrected chi connectivity index (χ2v) is 8.29. The summed E-state index contributed by atoms with van der Waals surface area (Å²) in [5.41, 5.74) is 0. The van der Waals surface area contributed by atoms with Crippen molar-refractivity contribution >= 4 is 5.97 Å². The third-order valence-corrected chi connectivity index (χ3v) is 6.22. The van der Waals surface area contributed by atoms with Gasteiger partial charge in [-0.05, 0) is 81.3 Å². The zero-order valence-electron chi connectivity index (χ0n) is 16.8. The van der Waals surface area contributed by atoms with Gasteiger partial charge in [0.25, 0.3) is 0 Å². The normalized spacial score (nSPS) is 23.2. The summed E-state index contributed by atoms with van der Waals surface area (Å²) in [5.74, 6) is 2.21. The summed E-state index contributed by atoms with van der Waals surface area (Å²) in [6, 6.07) is 0. The highest BCUT2D eigenvalue weighted by molar-refractivity contribution is 5.66. The van der Waals surface area contributed by atoms with E-state index in [1.165, 1.54) is 38.5 Å². The smallest absolute Gasteiger partial charge is 0.303 e. The van der Waals surface area contributed by atoms with Crippen LogP contribution in [-0.2, 0) is 9.53 Å². The fourth-order valence-electron chi connectivity index (χ4n) is 4.59. The van der Waals surface area contributed by atoms with Crippen molar-refractivity contribution in [3.8, 4) is 0 Å². The Morgan fingerprint density at radius 3 is 2.63 bits per heavy atom. The largest absolute Gasteiger partial charge is 0.494 e. The molecule has 0 aliphatic heterocycles. The van der Waals surface area contributed by atoms with E-state index in [9.17, 15) is 9.90 Å². The van der Waals surface area contributed by atoms with Crippen LogP contribution in [-0.4, -0.2) is 29.4 Å². The van der Waals surface area contributed by atoms with E-state index in [2.05, 4.69) is 18.2 Å². The van der Waals surface area contributed by atoms with E-state index in [0.717, 1.165) is 56.3 Å². The number of aliphatic hydroxyl groups is 1. The third-order valence-electron chi connectivity index (χ3n) is 6.22. The number of ether oxygens (including phenoxy) is 1. The standard InChI is InChI=1S/C23H38O4/c24-18-19(8-6-14-23(25)26)15-16-21-11-7-10-20(21)9-4-5-17-27-22-12-2-1-3-13-22/h2,12-13,19-21,24H,1,3-11,14-18H2,(H,25,26)/t19-,20-,21+/m0/s1. The predicted octanol–water partition coefficient (Wildman–Crippen LogP) is 5.47. The zero-order valence-corrected chi connectivity index (χ0v) is 16.8. The van der Waals surface area contributed by atoms with E-state index >= 15 is 0 Å². The second-order valence-electron chi connectivity index (χ2n) is 8.29. The van der Waals surface area contributed by atoms with Gasteiger partial charge in [0.2, 0.25) is 0 Å². The van der Waals surface area contributed by atoms with Crippen molar-refractivity contribution in [1.29, 1.82) is 0 Å². The Bertz CT molecular complexity index is 483. The van der Waals surface area contributed by atoms with E-state index in [-0.39, 0.29) is 18.9 Å². The van der Waals surface area contributed by atoms with E-state index in [0.29, 0.717) is 6.42 Å². The number of allylic oxidation sites excluding steroid dienone is 3. The highest BCUT2D eigenvalue weighted by atomic mass is 16.5. The van der Waals surface area contributed by atoms with Gasteiger partial charge in [-0.15, -0.1) is 0 Å². The number of aliphatic hydroxyl groups excluding tert-OH is 1. The minimum Gasteiger partial charge on any atom is -0.494 e. The Labute approximate surface area is 164 Å². The van der Waals surface area contributed by atoms with E-state index in [1.54, 1.807) is 0 Å². The Morgan fingerprint density at radius 1 is 1.11 bits per heavy atom. The van der Waals surface area contributed by atoms with Gasteiger partial charge < -0.3 is 14.9 Å². The molecule has 0 spiro atoms. The summed E-state index contributed by atoms with van der Waals surface area (Å²) in [6.45, 7) is 1.02. The summed E-state index contributed by atoms with van der Waals surface area (Å²) in [5, 5.41) is 18.3. The van der Waals surface area contributed by atoms with E-state index < -0.39 is 5.97 Å². The number of carboxylic acid groups (broad SMARTS) is 1. The molecule has 2 N–H and O–H groups in total. The fraction of sp³-hybridized carbons (Fsp3) is 0.783. The maximum Gasteiger partial charge on any atom is 0.303 e. The molecule has 3 atom stereocenters. The Kier molecular flexibility index (Phi) is 10.6. The van der Waals surface area contributed by atoms with Crippen LogP contribution in [0.2, 0.25) is 0 Å². The molecular weight excluding hydrogens is 340 g/mol. The zero-order chi connectivity index (χ0) is 19.3. The molecule has 0 aromatic rings. The van der Waals surface area contributed by atoms with Crippen molar-refractivity contribution in [2.24, 2.45) is 17.8 Å². The molecular formula is C23H38O4. The van der Waals surface area contributed by atoms with E-state index in [4.69, 9.17) is 9.84 Å². The van der Waals surface area contributed by atoms with Crippen LogP contribution in [0.15, 0.2) is 24.0 Å². The molecule has 0 bridgehead atoms. The molecule has 0 saturated heterocycles. The van der Waals surface area contributed by atoms with Crippen LogP contribution in [0.1, 0.15) is 83.5 Å². The maximum absolute atomic E-state index is 10.6. The van der Waals surface area contributed by atoms with Crippen LogP contribution >= 0.6 is 0 Å². The van der Waals surface area contributed by atoms with Gasteiger partial charge >= 0.3 is 5.97 Å². The number of hydrogen-bond acceptors (Lipinski definition) is 3. The average molecular weight is 379 g/mol. The van der Waals surface area contributed by atoms with Crippen molar-refractivity contribution in [2.45, 2.75) is 83.5 Å². The third kappa shape index (κ3) is 8.96. The number of aliphatic carboxylic acids is 1. The van der Waals surface area contributed by atoms with Gasteiger partial charge in [0, 0.05) is 13.0 Å². The quantitative estimate of drug-likeness (QED) is 0.394. The van der Waals surface area contributed by atoms with Gasteiger partial charge in [0.1, 0.15) is 5.76 Å². The van der Waals surface area contributed by atoms with Gasteiger partial charge in [-0.25, -0.2) is 0 Å². The lowest BCUT2D eigenvalue weighted by Gasteiger charge is -2.22. The highest BCUT2D eigenvalue weighted by Gasteiger charge is 2.27.